The molecule has 20 heavy (non-hydrogen) atoms. The Hall–Kier alpha value is -1.73. The lowest BCUT2D eigenvalue weighted by Crippen LogP contribution is -2.47. The van der Waals surface area contributed by atoms with Gasteiger partial charge in [-0.2, -0.15) is 8.78 Å². The molecular formula is C13H16F2N2O3. The van der Waals surface area contributed by atoms with Gasteiger partial charge in [0.25, 0.3) is 0 Å². The Kier molecular flexibility index (Phi) is 4.20. The van der Waals surface area contributed by atoms with Gasteiger partial charge < -0.3 is 20.5 Å². The van der Waals surface area contributed by atoms with Crippen LogP contribution >= 0.6 is 0 Å². The topological polar surface area (TPSA) is 73.6 Å². The molecule has 1 saturated heterocycles. The molecule has 1 heterocycles. The molecular weight excluding hydrogens is 270 g/mol. The summed E-state index contributed by atoms with van der Waals surface area (Å²) in [6.07, 6.45) is 0. The summed E-state index contributed by atoms with van der Waals surface area (Å²) in [5.41, 5.74) is 5.14. The highest BCUT2D eigenvalue weighted by atomic mass is 19.3. The fraction of sp³-hybridized carbons (Fsp3) is 0.462. The highest BCUT2D eigenvalue weighted by molar-refractivity contribution is 5.97. The number of nitrogens with one attached hydrogen (secondary N) is 1. The average Bonchev–Trinajstić information content (AvgIpc) is 2.73. The van der Waals surface area contributed by atoms with Crippen LogP contribution in [0.5, 0.6) is 5.75 Å². The Morgan fingerprint density at radius 1 is 1.55 bits per heavy atom. The maximum Gasteiger partial charge on any atom is 0.387 e. The van der Waals surface area contributed by atoms with Gasteiger partial charge in [-0.1, -0.05) is 12.1 Å². The first kappa shape index (κ1) is 14.7. The van der Waals surface area contributed by atoms with Gasteiger partial charge >= 0.3 is 6.61 Å². The Bertz CT molecular complexity index is 498. The van der Waals surface area contributed by atoms with Crippen molar-refractivity contribution in [1.82, 2.24) is 0 Å². The number of para-hydroxylation sites is 2. The van der Waals surface area contributed by atoms with Crippen LogP contribution in [0.4, 0.5) is 14.5 Å². The van der Waals surface area contributed by atoms with E-state index in [1.807, 2.05) is 0 Å². The molecule has 1 amide bonds. The number of carbonyl (C=O) groups is 1. The summed E-state index contributed by atoms with van der Waals surface area (Å²) in [5.74, 6) is -0.472. The largest absolute Gasteiger partial charge is 0.433 e. The Labute approximate surface area is 115 Å². The number of ether oxygens (including phenoxy) is 2. The van der Waals surface area contributed by atoms with Gasteiger partial charge in [-0.15, -0.1) is 0 Å². The third-order valence-electron chi connectivity index (χ3n) is 3.39. The maximum atomic E-state index is 12.3. The van der Waals surface area contributed by atoms with Crippen molar-refractivity contribution in [3.63, 3.8) is 0 Å². The second kappa shape index (κ2) is 5.72. The summed E-state index contributed by atoms with van der Waals surface area (Å²) in [7, 11) is 0. The minimum atomic E-state index is -2.96. The van der Waals surface area contributed by atoms with Crippen LogP contribution in [0.2, 0.25) is 0 Å². The molecule has 0 bridgehead atoms. The average molecular weight is 286 g/mol. The number of anilines is 1. The number of hydrogen-bond acceptors (Lipinski definition) is 4. The lowest BCUT2D eigenvalue weighted by Gasteiger charge is -2.25. The molecule has 2 unspecified atom stereocenters. The standard InChI is InChI=1S/C13H16F2N2O3/c1-13(7-19-6-10(13)16)11(18)17-8-4-2-3-5-9(8)20-12(14)15/h2-5,10,12H,6-7,16H2,1H3,(H,17,18). The van der Waals surface area contributed by atoms with Crippen LogP contribution in [0.1, 0.15) is 6.92 Å². The molecule has 5 nitrogen and oxygen atoms in total. The predicted octanol–water partition coefficient (Wildman–Crippen LogP) is 1.59. The van der Waals surface area contributed by atoms with E-state index in [-0.39, 0.29) is 24.0 Å². The Morgan fingerprint density at radius 3 is 2.85 bits per heavy atom. The second-order valence-corrected chi connectivity index (χ2v) is 4.87. The summed E-state index contributed by atoms with van der Waals surface area (Å²) in [5, 5.41) is 2.57. The van der Waals surface area contributed by atoms with E-state index >= 15 is 0 Å². The van der Waals surface area contributed by atoms with Crippen molar-refractivity contribution >= 4 is 11.6 Å². The lowest BCUT2D eigenvalue weighted by molar-refractivity contribution is -0.125. The second-order valence-electron chi connectivity index (χ2n) is 4.87. The number of rotatable bonds is 4. The molecule has 1 aliphatic heterocycles. The van der Waals surface area contributed by atoms with Crippen molar-refractivity contribution in [3.05, 3.63) is 24.3 Å². The lowest BCUT2D eigenvalue weighted by atomic mass is 9.85. The van der Waals surface area contributed by atoms with Gasteiger partial charge in [0.1, 0.15) is 5.75 Å². The minimum Gasteiger partial charge on any atom is -0.433 e. The normalized spacial score (nSPS) is 25.8. The van der Waals surface area contributed by atoms with Crippen molar-refractivity contribution in [2.75, 3.05) is 18.5 Å². The van der Waals surface area contributed by atoms with Gasteiger partial charge in [0.05, 0.1) is 24.3 Å². The van der Waals surface area contributed by atoms with Gasteiger partial charge in [-0.05, 0) is 19.1 Å². The highest BCUT2D eigenvalue weighted by Gasteiger charge is 2.44. The Balaban J connectivity index is 2.16. The number of halogens is 2. The number of nitrogens with two attached hydrogens (primary N) is 1. The monoisotopic (exact) mass is 286 g/mol. The van der Waals surface area contributed by atoms with Crippen LogP contribution in [0, 0.1) is 5.41 Å². The molecule has 0 aliphatic carbocycles. The van der Waals surface area contributed by atoms with Crippen molar-refractivity contribution < 1.29 is 23.0 Å². The van der Waals surface area contributed by atoms with E-state index in [0.717, 1.165) is 0 Å². The number of benzene rings is 1. The van der Waals surface area contributed by atoms with Crippen molar-refractivity contribution in [2.24, 2.45) is 11.1 Å². The summed E-state index contributed by atoms with van der Waals surface area (Å²) in [6.45, 7) is -0.797. The zero-order valence-corrected chi connectivity index (χ0v) is 10.9. The van der Waals surface area contributed by atoms with Crippen molar-refractivity contribution in [3.8, 4) is 5.75 Å². The van der Waals surface area contributed by atoms with E-state index in [2.05, 4.69) is 10.1 Å². The van der Waals surface area contributed by atoms with E-state index < -0.39 is 18.1 Å². The first-order valence-corrected chi connectivity index (χ1v) is 6.12. The molecule has 3 N–H and O–H groups in total. The minimum absolute atomic E-state index is 0.0908. The Morgan fingerprint density at radius 2 is 2.25 bits per heavy atom. The summed E-state index contributed by atoms with van der Waals surface area (Å²) in [6, 6.07) is 5.56. The van der Waals surface area contributed by atoms with E-state index in [9.17, 15) is 13.6 Å². The van der Waals surface area contributed by atoms with Crippen molar-refractivity contribution in [2.45, 2.75) is 19.6 Å². The van der Waals surface area contributed by atoms with Crippen LogP contribution in [-0.4, -0.2) is 31.8 Å². The van der Waals surface area contributed by atoms with E-state index in [0.29, 0.717) is 6.61 Å². The highest BCUT2D eigenvalue weighted by Crippen LogP contribution is 2.31. The number of amides is 1. The molecule has 1 aromatic carbocycles. The summed E-state index contributed by atoms with van der Waals surface area (Å²) >= 11 is 0. The molecule has 2 atom stereocenters. The van der Waals surface area contributed by atoms with E-state index in [1.165, 1.54) is 12.1 Å². The van der Waals surface area contributed by atoms with E-state index in [1.54, 1.807) is 19.1 Å². The molecule has 0 aromatic heterocycles. The number of carbonyl (C=O) groups excluding carboxylic acids is 1. The quantitative estimate of drug-likeness (QED) is 0.881. The molecule has 0 spiro atoms. The van der Waals surface area contributed by atoms with Crippen LogP contribution < -0.4 is 15.8 Å². The molecule has 7 heteroatoms. The first-order chi connectivity index (χ1) is 9.43. The zero-order chi connectivity index (χ0) is 14.8. The first-order valence-electron chi connectivity index (χ1n) is 6.12. The SMILES string of the molecule is CC1(C(=O)Nc2ccccc2OC(F)F)COCC1N. The molecule has 0 radical (unpaired) electrons. The molecule has 1 aromatic rings. The molecule has 1 fully saturated rings. The van der Waals surface area contributed by atoms with Crippen LogP contribution in [0.15, 0.2) is 24.3 Å². The molecule has 1 aliphatic rings. The third kappa shape index (κ3) is 2.88. The maximum absolute atomic E-state index is 12.3. The summed E-state index contributed by atoms with van der Waals surface area (Å²) in [4.78, 5) is 12.3. The van der Waals surface area contributed by atoms with Crippen LogP contribution in [-0.2, 0) is 9.53 Å². The van der Waals surface area contributed by atoms with Crippen molar-refractivity contribution in [1.29, 1.82) is 0 Å². The third-order valence-corrected chi connectivity index (χ3v) is 3.39. The summed E-state index contributed by atoms with van der Waals surface area (Å²) < 4.78 is 34.1. The number of alkyl halides is 2. The smallest absolute Gasteiger partial charge is 0.387 e. The number of hydrogen-bond donors (Lipinski definition) is 2. The van der Waals surface area contributed by atoms with Gasteiger partial charge in [-0.25, -0.2) is 0 Å². The fourth-order valence-corrected chi connectivity index (χ4v) is 1.96. The predicted molar refractivity (Wildman–Crippen MR) is 68.6 cm³/mol. The van der Waals surface area contributed by atoms with Gasteiger partial charge in [-0.3, -0.25) is 4.79 Å². The molecule has 2 rings (SSSR count). The fourth-order valence-electron chi connectivity index (χ4n) is 1.96. The van der Waals surface area contributed by atoms with E-state index in [4.69, 9.17) is 10.5 Å². The molecule has 110 valence electrons. The van der Waals surface area contributed by atoms with Gasteiger partial charge in [0.15, 0.2) is 0 Å². The van der Waals surface area contributed by atoms with Gasteiger partial charge in [0.2, 0.25) is 5.91 Å². The van der Waals surface area contributed by atoms with Crippen LogP contribution in [0.3, 0.4) is 0 Å². The van der Waals surface area contributed by atoms with Crippen LogP contribution in [0.25, 0.3) is 0 Å². The zero-order valence-electron chi connectivity index (χ0n) is 10.9. The van der Waals surface area contributed by atoms with Gasteiger partial charge in [0, 0.05) is 6.04 Å². The molecule has 0 saturated carbocycles.